The van der Waals surface area contributed by atoms with Crippen LogP contribution in [0.4, 0.5) is 34.1 Å². The Hall–Kier alpha value is -11.3. The number of pyridine rings is 1. The van der Waals surface area contributed by atoms with Crippen LogP contribution in [0, 0.1) is 22.7 Å². The summed E-state index contributed by atoms with van der Waals surface area (Å²) < 4.78 is 4.61. The van der Waals surface area contributed by atoms with Gasteiger partial charge in [0.2, 0.25) is 0 Å². The molecule has 0 aliphatic carbocycles. The highest BCUT2D eigenvalue weighted by atomic mass is 15.1. The second kappa shape index (κ2) is 20.0. The van der Waals surface area contributed by atoms with Crippen LogP contribution in [0.1, 0.15) is 11.1 Å². The van der Waals surface area contributed by atoms with E-state index in [9.17, 15) is 10.5 Å². The van der Waals surface area contributed by atoms with Gasteiger partial charge in [0.25, 0.3) is 0 Å². The van der Waals surface area contributed by atoms with E-state index in [0.717, 1.165) is 122 Å². The molecule has 0 aliphatic rings. The minimum absolute atomic E-state index is 0.306. The maximum Gasteiger partial charge on any atom is 0.101 e. The minimum atomic E-state index is 0.306. The van der Waals surface area contributed by atoms with Gasteiger partial charge in [-0.3, -0.25) is 4.98 Å². The molecule has 0 aliphatic heterocycles. The average Bonchev–Trinajstić information content (AvgIpc) is 4.19. The quantitative estimate of drug-likeness (QED) is 0.129. The van der Waals surface area contributed by atoms with E-state index in [4.69, 9.17) is 4.98 Å². The van der Waals surface area contributed by atoms with Gasteiger partial charge < -0.3 is 18.9 Å². The van der Waals surface area contributed by atoms with Crippen molar-refractivity contribution in [2.24, 2.45) is 0 Å². The number of nitrogens with zero attached hydrogens (tertiary/aromatic N) is 7. The fraction of sp³-hybridized carbons (Fsp3) is 0. The monoisotopic (exact) mass is 1020 g/mol. The van der Waals surface area contributed by atoms with Gasteiger partial charge in [-0.2, -0.15) is 10.5 Å². The summed E-state index contributed by atoms with van der Waals surface area (Å²) in [5, 5.41) is 25.0. The van der Waals surface area contributed by atoms with E-state index in [-0.39, 0.29) is 0 Å². The first-order valence-corrected chi connectivity index (χ1v) is 26.6. The first kappa shape index (κ1) is 47.2. The Labute approximate surface area is 463 Å². The summed E-state index contributed by atoms with van der Waals surface area (Å²) in [6, 6.07) is 100. The van der Waals surface area contributed by atoms with Crippen LogP contribution in [0.2, 0.25) is 0 Å². The van der Waals surface area contributed by atoms with Gasteiger partial charge in [-0.1, -0.05) is 152 Å². The highest BCUT2D eigenvalue weighted by Gasteiger charge is 2.24. The van der Waals surface area contributed by atoms with Crippen molar-refractivity contribution in [1.82, 2.24) is 14.1 Å². The van der Waals surface area contributed by atoms with Crippen LogP contribution >= 0.6 is 0 Å². The Morgan fingerprint density at radius 1 is 0.287 bits per heavy atom. The van der Waals surface area contributed by atoms with E-state index in [0.29, 0.717) is 11.1 Å². The lowest BCUT2D eigenvalue weighted by Crippen LogP contribution is -2.09. The smallest absolute Gasteiger partial charge is 0.101 e. The van der Waals surface area contributed by atoms with Crippen LogP contribution in [-0.2, 0) is 0 Å². The van der Waals surface area contributed by atoms with Crippen LogP contribution in [0.15, 0.2) is 285 Å². The molecule has 7 heteroatoms. The zero-order chi connectivity index (χ0) is 53.5. The summed E-state index contributed by atoms with van der Waals surface area (Å²) in [5.74, 6) is 0. The lowest BCUT2D eigenvalue weighted by Gasteiger charge is -2.25. The highest BCUT2D eigenvalue weighted by molar-refractivity contribution is 6.13. The number of hydrogen-bond acceptors (Lipinski definition) is 5. The third-order valence-electron chi connectivity index (χ3n) is 15.3. The predicted octanol–water partition coefficient (Wildman–Crippen LogP) is 19.0. The molecule has 0 amide bonds. The molecular weight excluding hydrogens is 975 g/mol. The second-order valence-corrected chi connectivity index (χ2v) is 19.8. The molecule has 3 heterocycles. The fourth-order valence-electron chi connectivity index (χ4n) is 11.6. The molecule has 0 spiro atoms. The van der Waals surface area contributed by atoms with E-state index in [1.807, 2.05) is 48.8 Å². The molecule has 14 rings (SSSR count). The summed E-state index contributed by atoms with van der Waals surface area (Å²) in [6.45, 7) is 0. The zero-order valence-electron chi connectivity index (χ0n) is 43.3. The third kappa shape index (κ3) is 8.19. The van der Waals surface area contributed by atoms with Gasteiger partial charge in [-0.25, -0.2) is 0 Å². The molecule has 14 aromatic rings. The number of aromatic nitrogens is 3. The molecular formula is C73H47N7. The van der Waals surface area contributed by atoms with E-state index in [2.05, 4.69) is 262 Å². The fourth-order valence-corrected chi connectivity index (χ4v) is 11.6. The zero-order valence-corrected chi connectivity index (χ0v) is 43.3. The summed E-state index contributed by atoms with van der Waals surface area (Å²) in [5.41, 5.74) is 18.9. The number of para-hydroxylation sites is 6. The van der Waals surface area contributed by atoms with Crippen LogP contribution in [0.25, 0.3) is 88.4 Å². The van der Waals surface area contributed by atoms with Crippen molar-refractivity contribution >= 4 is 77.7 Å². The Kier molecular flexibility index (Phi) is 11.8. The molecule has 0 fully saturated rings. The Morgan fingerprint density at radius 2 is 0.625 bits per heavy atom. The average molecular weight is 1020 g/mol. The van der Waals surface area contributed by atoms with Crippen molar-refractivity contribution in [2.45, 2.75) is 0 Å². The van der Waals surface area contributed by atoms with Crippen LogP contribution in [0.3, 0.4) is 0 Å². The van der Waals surface area contributed by atoms with Gasteiger partial charge >= 0.3 is 0 Å². The molecule has 11 aromatic carbocycles. The van der Waals surface area contributed by atoms with Crippen molar-refractivity contribution in [3.8, 4) is 56.9 Å². The highest BCUT2D eigenvalue weighted by Crippen LogP contribution is 2.44. The molecule has 0 saturated carbocycles. The molecule has 0 N–H and O–H groups in total. The van der Waals surface area contributed by atoms with Gasteiger partial charge in [0.05, 0.1) is 57.0 Å². The second-order valence-electron chi connectivity index (χ2n) is 19.8. The van der Waals surface area contributed by atoms with E-state index < -0.39 is 0 Å². The van der Waals surface area contributed by atoms with E-state index in [1.165, 1.54) is 0 Å². The van der Waals surface area contributed by atoms with Crippen molar-refractivity contribution < 1.29 is 0 Å². The van der Waals surface area contributed by atoms with Crippen molar-refractivity contribution in [2.75, 3.05) is 9.80 Å². The first-order chi connectivity index (χ1) is 39.6. The summed E-state index contributed by atoms with van der Waals surface area (Å²) in [6.07, 6.45) is 3.86. The third-order valence-corrected chi connectivity index (χ3v) is 15.3. The van der Waals surface area contributed by atoms with E-state index >= 15 is 0 Å². The topological polar surface area (TPSA) is 76.8 Å². The molecule has 3 aromatic heterocycles. The number of nitriles is 2. The number of benzene rings is 11. The van der Waals surface area contributed by atoms with Crippen LogP contribution < -0.4 is 9.80 Å². The van der Waals surface area contributed by atoms with Crippen molar-refractivity contribution in [3.05, 3.63) is 297 Å². The van der Waals surface area contributed by atoms with Crippen molar-refractivity contribution in [3.63, 3.8) is 0 Å². The largest absolute Gasteiger partial charge is 0.311 e. The lowest BCUT2D eigenvalue weighted by molar-refractivity contribution is 1.09. The normalized spacial score (nSPS) is 11.2. The summed E-state index contributed by atoms with van der Waals surface area (Å²) in [7, 11) is 0. The minimum Gasteiger partial charge on any atom is -0.311 e. The lowest BCUT2D eigenvalue weighted by atomic mass is 9.98. The van der Waals surface area contributed by atoms with Crippen molar-refractivity contribution in [1.29, 1.82) is 10.5 Å². The molecule has 0 saturated heterocycles. The SMILES string of the molecule is N#Cc1ccc(-c2c(-n3c4ccccc4c4cc(-c5ccc(N(c6ccccc6)c6ccccc6)cc5)ccc43)cncc2-n2c3ccccc3c3cc(-c4ccc(N(c5ccccc5)c5ccccc5)cc4)ccc32)cc1C#N. The van der Waals surface area contributed by atoms with Crippen LogP contribution in [-0.4, -0.2) is 14.1 Å². The molecule has 374 valence electrons. The maximum absolute atomic E-state index is 10.5. The van der Waals surface area contributed by atoms with Gasteiger partial charge in [0, 0.05) is 61.2 Å². The van der Waals surface area contributed by atoms with Gasteiger partial charge in [0.1, 0.15) is 12.1 Å². The van der Waals surface area contributed by atoms with E-state index in [1.54, 1.807) is 6.07 Å². The predicted molar refractivity (Wildman–Crippen MR) is 328 cm³/mol. The number of rotatable bonds is 11. The Bertz CT molecular complexity index is 4370. The first-order valence-electron chi connectivity index (χ1n) is 26.6. The van der Waals surface area contributed by atoms with Gasteiger partial charge in [0.15, 0.2) is 0 Å². The van der Waals surface area contributed by atoms with Gasteiger partial charge in [-0.15, -0.1) is 0 Å². The number of fused-ring (bicyclic) bond motifs is 6. The summed E-state index contributed by atoms with van der Waals surface area (Å²) >= 11 is 0. The molecule has 0 unspecified atom stereocenters. The van der Waals surface area contributed by atoms with Crippen LogP contribution in [0.5, 0.6) is 0 Å². The molecule has 0 radical (unpaired) electrons. The molecule has 7 nitrogen and oxygen atoms in total. The number of anilines is 6. The maximum atomic E-state index is 10.5. The molecule has 80 heavy (non-hydrogen) atoms. The standard InChI is InChI=1S/C73H47N7/c74-46-55-30-29-54(43-56(55)47-75)73-71(79-67-27-15-13-25-63(67)65-44-52(35-41-69(65)79)50-31-37-61(38-32-50)77(57-17-5-1-6-18-57)58-19-7-2-8-20-58)48-76-49-72(73)80-68-28-16-14-26-64(68)66-45-53(36-42-70(66)80)51-33-39-62(40-34-51)78(59-21-9-3-10-22-59)60-23-11-4-12-24-60/h1-45,48-49H. The molecule has 0 atom stereocenters. The van der Waals surface area contributed by atoms with Gasteiger partial charge in [-0.05, 0) is 149 Å². The number of hydrogen-bond donors (Lipinski definition) is 0. The molecule has 0 bridgehead atoms. The Balaban J connectivity index is 0.911. The Morgan fingerprint density at radius 3 is 1.02 bits per heavy atom. The summed E-state index contributed by atoms with van der Waals surface area (Å²) in [4.78, 5) is 9.63.